The zero-order valence-electron chi connectivity index (χ0n) is 12.1. The molecule has 1 fully saturated rings. The molecule has 3 rings (SSSR count). The molecule has 21 heavy (non-hydrogen) atoms. The van der Waals surface area contributed by atoms with Crippen LogP contribution >= 0.6 is 0 Å². The lowest BCUT2D eigenvalue weighted by atomic mass is 10.0. The molecule has 5 heteroatoms. The molecule has 1 aromatic rings. The van der Waals surface area contributed by atoms with Crippen molar-refractivity contribution >= 4 is 11.6 Å². The third-order valence-corrected chi connectivity index (χ3v) is 3.76. The molecule has 1 aromatic carbocycles. The summed E-state index contributed by atoms with van der Waals surface area (Å²) in [5.74, 6) is 6.95. The monoisotopic (exact) mass is 287 g/mol. The first-order valence-corrected chi connectivity index (χ1v) is 6.83. The van der Waals surface area contributed by atoms with Crippen LogP contribution < -0.4 is 9.64 Å². The molecule has 2 heterocycles. The van der Waals surface area contributed by atoms with Crippen LogP contribution in [0.2, 0.25) is 0 Å². The van der Waals surface area contributed by atoms with Gasteiger partial charge in [-0.15, -0.1) is 0 Å². The number of ether oxygens (including phenoxy) is 3. The highest BCUT2D eigenvalue weighted by Crippen LogP contribution is 2.31. The van der Waals surface area contributed by atoms with E-state index in [-0.39, 0.29) is 5.91 Å². The number of rotatable bonds is 1. The van der Waals surface area contributed by atoms with Crippen molar-refractivity contribution in [2.24, 2.45) is 0 Å². The number of anilines is 1. The maximum atomic E-state index is 11.9. The van der Waals surface area contributed by atoms with Gasteiger partial charge in [-0.25, -0.2) is 0 Å². The smallest absolute Gasteiger partial charge is 0.230 e. The van der Waals surface area contributed by atoms with Crippen LogP contribution in [0.4, 0.5) is 5.69 Å². The van der Waals surface area contributed by atoms with Crippen molar-refractivity contribution in [3.8, 4) is 17.6 Å². The minimum Gasteiger partial charge on any atom is -0.491 e. The molecule has 0 radical (unpaired) electrons. The molecule has 1 amide bonds. The van der Waals surface area contributed by atoms with Gasteiger partial charge in [0.05, 0.1) is 31.9 Å². The van der Waals surface area contributed by atoms with Gasteiger partial charge in [0.2, 0.25) is 5.91 Å². The van der Waals surface area contributed by atoms with Gasteiger partial charge >= 0.3 is 0 Å². The van der Waals surface area contributed by atoms with Gasteiger partial charge in [-0.05, 0) is 18.2 Å². The highest BCUT2D eigenvalue weighted by atomic mass is 16.6. The van der Waals surface area contributed by atoms with Gasteiger partial charge < -0.3 is 19.1 Å². The predicted octanol–water partition coefficient (Wildman–Crippen LogP) is 1.20. The Morgan fingerprint density at radius 3 is 2.86 bits per heavy atom. The van der Waals surface area contributed by atoms with Crippen LogP contribution in [0.1, 0.15) is 12.0 Å². The first-order chi connectivity index (χ1) is 10.1. The van der Waals surface area contributed by atoms with E-state index in [1.807, 2.05) is 18.2 Å². The van der Waals surface area contributed by atoms with Crippen LogP contribution in [0.25, 0.3) is 0 Å². The second-order valence-corrected chi connectivity index (χ2v) is 5.17. The lowest BCUT2D eigenvalue weighted by Gasteiger charge is -2.35. The van der Waals surface area contributed by atoms with E-state index >= 15 is 0 Å². The molecule has 0 N–H and O–H groups in total. The van der Waals surface area contributed by atoms with E-state index in [0.717, 1.165) is 11.3 Å². The summed E-state index contributed by atoms with van der Waals surface area (Å²) in [5, 5.41) is 0. The topological polar surface area (TPSA) is 48.0 Å². The number of nitrogens with zero attached hydrogens (tertiary/aromatic N) is 1. The van der Waals surface area contributed by atoms with E-state index in [0.29, 0.717) is 32.0 Å². The molecule has 5 nitrogen and oxygen atoms in total. The van der Waals surface area contributed by atoms with Crippen molar-refractivity contribution in [2.75, 3.05) is 38.9 Å². The number of benzene rings is 1. The van der Waals surface area contributed by atoms with Crippen LogP contribution in [0, 0.1) is 11.8 Å². The Bertz CT molecular complexity index is 619. The Morgan fingerprint density at radius 1 is 1.38 bits per heavy atom. The third kappa shape index (κ3) is 2.60. The Morgan fingerprint density at radius 2 is 2.19 bits per heavy atom. The van der Waals surface area contributed by atoms with Crippen molar-refractivity contribution in [1.29, 1.82) is 0 Å². The number of fused-ring (bicyclic) bond motifs is 1. The van der Waals surface area contributed by atoms with Gasteiger partial charge in [0, 0.05) is 19.7 Å². The van der Waals surface area contributed by atoms with Crippen molar-refractivity contribution in [3.05, 3.63) is 23.8 Å². The van der Waals surface area contributed by atoms with E-state index in [2.05, 4.69) is 11.8 Å². The van der Waals surface area contributed by atoms with Crippen LogP contribution in [0.3, 0.4) is 0 Å². The van der Waals surface area contributed by atoms with Crippen LogP contribution in [-0.4, -0.2) is 45.5 Å². The number of methoxy groups -OCH3 is 1. The summed E-state index contributed by atoms with van der Waals surface area (Å²) >= 11 is 0. The maximum Gasteiger partial charge on any atom is 0.230 e. The normalized spacial score (nSPS) is 19.5. The van der Waals surface area contributed by atoms with Gasteiger partial charge in [-0.1, -0.05) is 11.8 Å². The standard InChI is InChI=1S/C16H17NO4/c1-17-13-9-12(5-7-16(19-2)10-20-11-16)3-4-14(13)21-8-6-15(17)18/h3-4,9H,6,8,10-11H2,1-2H3. The first-order valence-electron chi connectivity index (χ1n) is 6.83. The largest absolute Gasteiger partial charge is 0.491 e. The molecule has 0 saturated carbocycles. The van der Waals surface area contributed by atoms with E-state index in [1.54, 1.807) is 19.1 Å². The van der Waals surface area contributed by atoms with Gasteiger partial charge in [0.25, 0.3) is 0 Å². The van der Waals surface area contributed by atoms with Gasteiger partial charge in [-0.2, -0.15) is 0 Å². The van der Waals surface area contributed by atoms with Gasteiger partial charge in [-0.3, -0.25) is 4.79 Å². The van der Waals surface area contributed by atoms with E-state index in [1.165, 1.54) is 0 Å². The van der Waals surface area contributed by atoms with Crippen LogP contribution in [-0.2, 0) is 14.3 Å². The van der Waals surface area contributed by atoms with E-state index < -0.39 is 5.60 Å². The molecule has 0 aliphatic carbocycles. The zero-order chi connectivity index (χ0) is 14.9. The Labute approximate surface area is 123 Å². The lowest BCUT2D eigenvalue weighted by molar-refractivity contribution is -0.159. The lowest BCUT2D eigenvalue weighted by Crippen LogP contribution is -2.50. The molecule has 0 unspecified atom stereocenters. The summed E-state index contributed by atoms with van der Waals surface area (Å²) in [4.78, 5) is 13.5. The number of carbonyl (C=O) groups excluding carboxylic acids is 1. The van der Waals surface area contributed by atoms with Crippen molar-refractivity contribution in [2.45, 2.75) is 12.0 Å². The predicted molar refractivity (Wildman–Crippen MR) is 77.4 cm³/mol. The average molecular weight is 287 g/mol. The quantitative estimate of drug-likeness (QED) is 0.728. The van der Waals surface area contributed by atoms with Crippen molar-refractivity contribution in [1.82, 2.24) is 0 Å². The molecule has 110 valence electrons. The number of hydrogen-bond acceptors (Lipinski definition) is 4. The van der Waals surface area contributed by atoms with E-state index in [4.69, 9.17) is 14.2 Å². The second-order valence-electron chi connectivity index (χ2n) is 5.17. The number of amides is 1. The maximum absolute atomic E-state index is 11.9. The SMILES string of the molecule is COC1(C#Cc2ccc3c(c2)N(C)C(=O)CCO3)COC1. The molecular weight excluding hydrogens is 270 g/mol. The average Bonchev–Trinajstić information content (AvgIpc) is 2.59. The fourth-order valence-electron chi connectivity index (χ4n) is 2.24. The molecule has 2 aliphatic rings. The minimum atomic E-state index is -0.495. The third-order valence-electron chi connectivity index (χ3n) is 3.76. The zero-order valence-corrected chi connectivity index (χ0v) is 12.1. The highest BCUT2D eigenvalue weighted by molar-refractivity contribution is 5.95. The second kappa shape index (κ2) is 5.40. The summed E-state index contributed by atoms with van der Waals surface area (Å²) in [6.07, 6.45) is 0.385. The molecule has 0 spiro atoms. The summed E-state index contributed by atoms with van der Waals surface area (Å²) in [6, 6.07) is 5.61. The fraction of sp³-hybridized carbons (Fsp3) is 0.438. The highest BCUT2D eigenvalue weighted by Gasteiger charge is 2.36. The van der Waals surface area contributed by atoms with Gasteiger partial charge in [0.1, 0.15) is 5.75 Å². The minimum absolute atomic E-state index is 0.0413. The van der Waals surface area contributed by atoms with E-state index in [9.17, 15) is 4.79 Å². The van der Waals surface area contributed by atoms with Crippen molar-refractivity contribution in [3.63, 3.8) is 0 Å². The fourth-order valence-corrected chi connectivity index (χ4v) is 2.24. The Kier molecular flexibility index (Phi) is 3.58. The summed E-state index contributed by atoms with van der Waals surface area (Å²) in [5.41, 5.74) is 1.08. The first kappa shape index (κ1) is 13.9. The Balaban J connectivity index is 1.91. The molecule has 0 bridgehead atoms. The Hall–Kier alpha value is -2.03. The number of carbonyl (C=O) groups is 1. The summed E-state index contributed by atoms with van der Waals surface area (Å²) < 4.78 is 16.1. The van der Waals surface area contributed by atoms with Crippen molar-refractivity contribution < 1.29 is 19.0 Å². The molecule has 0 atom stereocenters. The van der Waals surface area contributed by atoms with Gasteiger partial charge in [0.15, 0.2) is 5.60 Å². The molecule has 0 aromatic heterocycles. The number of hydrogen-bond donors (Lipinski definition) is 0. The molecular formula is C16H17NO4. The molecule has 1 saturated heterocycles. The summed E-state index contributed by atoms with van der Waals surface area (Å²) in [7, 11) is 3.39. The van der Waals surface area contributed by atoms with Crippen LogP contribution in [0.15, 0.2) is 18.2 Å². The van der Waals surface area contributed by atoms with Crippen LogP contribution in [0.5, 0.6) is 5.75 Å². The molecule has 2 aliphatic heterocycles. The summed E-state index contributed by atoms with van der Waals surface area (Å²) in [6.45, 7) is 1.39.